The van der Waals surface area contributed by atoms with Gasteiger partial charge >= 0.3 is 0 Å². The van der Waals surface area contributed by atoms with Gasteiger partial charge in [-0.3, -0.25) is 4.79 Å². The molecule has 2 aliphatic heterocycles. The normalized spacial score (nSPS) is 21.0. The first-order valence-electron chi connectivity index (χ1n) is 8.71. The van der Waals surface area contributed by atoms with Gasteiger partial charge < -0.3 is 19.7 Å². The molecule has 1 unspecified atom stereocenters. The number of aryl methyl sites for hydroxylation is 1. The zero-order valence-corrected chi connectivity index (χ0v) is 14.7. The Morgan fingerprint density at radius 3 is 2.62 bits per heavy atom. The third-order valence-electron chi connectivity index (χ3n) is 4.69. The van der Waals surface area contributed by atoms with Crippen LogP contribution in [0.5, 0.6) is 0 Å². The summed E-state index contributed by atoms with van der Waals surface area (Å²) in [5, 5.41) is 2.96. The summed E-state index contributed by atoms with van der Waals surface area (Å²) in [6.45, 7) is 8.77. The van der Waals surface area contributed by atoms with Crippen LogP contribution in [0.25, 0.3) is 0 Å². The number of anilines is 1. The maximum absolute atomic E-state index is 12.3. The van der Waals surface area contributed by atoms with E-state index in [0.29, 0.717) is 24.9 Å². The van der Waals surface area contributed by atoms with Crippen molar-refractivity contribution in [3.05, 3.63) is 17.5 Å². The predicted octanol–water partition coefficient (Wildman–Crippen LogP) is 1.66. The number of carbonyl (C=O) groups is 1. The van der Waals surface area contributed by atoms with Gasteiger partial charge in [-0.1, -0.05) is 6.92 Å². The predicted molar refractivity (Wildman–Crippen MR) is 90.1 cm³/mol. The van der Waals surface area contributed by atoms with Gasteiger partial charge in [-0.05, 0) is 26.3 Å². The fourth-order valence-corrected chi connectivity index (χ4v) is 3.04. The van der Waals surface area contributed by atoms with Gasteiger partial charge in [0.05, 0.1) is 13.2 Å². The Kier molecular flexibility index (Phi) is 5.01. The Morgan fingerprint density at radius 2 is 2.00 bits per heavy atom. The van der Waals surface area contributed by atoms with Gasteiger partial charge in [-0.2, -0.15) is 0 Å². The van der Waals surface area contributed by atoms with Crippen LogP contribution in [0.15, 0.2) is 6.07 Å². The number of nitrogens with one attached hydrogen (secondary N) is 1. The van der Waals surface area contributed by atoms with E-state index >= 15 is 0 Å². The Balaban J connectivity index is 1.71. The van der Waals surface area contributed by atoms with Crippen molar-refractivity contribution in [2.45, 2.75) is 51.9 Å². The third kappa shape index (κ3) is 3.67. The average Bonchev–Trinajstić information content (AvgIpc) is 3.03. The first kappa shape index (κ1) is 17.1. The number of ether oxygens (including phenoxy) is 2. The van der Waals surface area contributed by atoms with E-state index in [4.69, 9.17) is 9.47 Å². The molecule has 24 heavy (non-hydrogen) atoms. The van der Waals surface area contributed by atoms with Crippen molar-refractivity contribution in [3.8, 4) is 0 Å². The molecule has 3 rings (SSSR count). The molecule has 3 heterocycles. The molecule has 1 N–H and O–H groups in total. The molecule has 0 saturated carbocycles. The van der Waals surface area contributed by atoms with Gasteiger partial charge in [-0.25, -0.2) is 9.97 Å². The van der Waals surface area contributed by atoms with E-state index in [1.165, 1.54) is 0 Å². The summed E-state index contributed by atoms with van der Waals surface area (Å²) >= 11 is 0. The molecule has 7 heteroatoms. The second-order valence-corrected chi connectivity index (χ2v) is 6.57. The van der Waals surface area contributed by atoms with Crippen molar-refractivity contribution < 1.29 is 14.3 Å². The molecule has 1 atom stereocenters. The van der Waals surface area contributed by atoms with Crippen LogP contribution in [0.2, 0.25) is 0 Å². The summed E-state index contributed by atoms with van der Waals surface area (Å²) in [5.41, 5.74) is 1.22. The minimum Gasteiger partial charge on any atom is -0.348 e. The lowest BCUT2D eigenvalue weighted by Crippen LogP contribution is -2.46. The minimum atomic E-state index is -0.420. The molecule has 1 aromatic rings. The highest BCUT2D eigenvalue weighted by molar-refractivity contribution is 5.92. The number of hydrogen-bond acceptors (Lipinski definition) is 6. The number of amides is 1. The molecular formula is C17H26N4O3. The minimum absolute atomic E-state index is 0.128. The van der Waals surface area contributed by atoms with Crippen LogP contribution in [-0.4, -0.2) is 54.0 Å². The molecule has 0 radical (unpaired) electrons. The summed E-state index contributed by atoms with van der Waals surface area (Å²) in [6, 6.07) is 1.86. The molecule has 2 fully saturated rings. The second kappa shape index (κ2) is 7.03. The number of piperidine rings is 1. The van der Waals surface area contributed by atoms with E-state index in [0.717, 1.165) is 38.0 Å². The molecule has 2 saturated heterocycles. The zero-order chi connectivity index (χ0) is 17.2. The topological polar surface area (TPSA) is 76.6 Å². The van der Waals surface area contributed by atoms with E-state index in [2.05, 4.69) is 20.2 Å². The van der Waals surface area contributed by atoms with E-state index < -0.39 is 5.79 Å². The maximum atomic E-state index is 12.3. The smallest absolute Gasteiger partial charge is 0.270 e. The fraction of sp³-hybridized carbons (Fsp3) is 0.706. The van der Waals surface area contributed by atoms with Crippen molar-refractivity contribution >= 4 is 11.9 Å². The first-order valence-corrected chi connectivity index (χ1v) is 8.71. The second-order valence-electron chi connectivity index (χ2n) is 6.57. The van der Waals surface area contributed by atoms with E-state index in [9.17, 15) is 4.79 Å². The van der Waals surface area contributed by atoms with Crippen LogP contribution in [-0.2, 0) is 9.47 Å². The van der Waals surface area contributed by atoms with E-state index in [1.54, 1.807) is 6.07 Å². The molecule has 0 aliphatic carbocycles. The Bertz CT molecular complexity index is 591. The van der Waals surface area contributed by atoms with Gasteiger partial charge in [0, 0.05) is 37.7 Å². The van der Waals surface area contributed by atoms with Crippen LogP contribution in [0.1, 0.15) is 49.3 Å². The van der Waals surface area contributed by atoms with Crippen LogP contribution >= 0.6 is 0 Å². The summed E-state index contributed by atoms with van der Waals surface area (Å²) in [6.07, 6.45) is 2.47. The summed E-state index contributed by atoms with van der Waals surface area (Å²) in [5.74, 6) is 0.0427. The van der Waals surface area contributed by atoms with Crippen LogP contribution < -0.4 is 10.2 Å². The van der Waals surface area contributed by atoms with Gasteiger partial charge in [0.25, 0.3) is 5.91 Å². The number of rotatable bonds is 4. The monoisotopic (exact) mass is 334 g/mol. The van der Waals surface area contributed by atoms with Gasteiger partial charge in [0.2, 0.25) is 5.95 Å². The van der Waals surface area contributed by atoms with Gasteiger partial charge in [0.15, 0.2) is 5.79 Å². The maximum Gasteiger partial charge on any atom is 0.270 e. The van der Waals surface area contributed by atoms with Crippen LogP contribution in [0.3, 0.4) is 0 Å². The lowest BCUT2D eigenvalue weighted by Gasteiger charge is -2.37. The van der Waals surface area contributed by atoms with Crippen LogP contribution in [0.4, 0.5) is 5.95 Å². The van der Waals surface area contributed by atoms with Crippen molar-refractivity contribution in [3.63, 3.8) is 0 Å². The van der Waals surface area contributed by atoms with Crippen molar-refractivity contribution in [1.82, 2.24) is 15.3 Å². The first-order chi connectivity index (χ1) is 11.5. The molecule has 0 bridgehead atoms. The fourth-order valence-electron chi connectivity index (χ4n) is 3.04. The third-order valence-corrected chi connectivity index (χ3v) is 4.69. The van der Waals surface area contributed by atoms with Crippen molar-refractivity contribution in [1.29, 1.82) is 0 Å². The largest absolute Gasteiger partial charge is 0.348 e. The SMILES string of the molecule is CCC(C)NC(=O)c1cc(C)nc(N2CCC3(CC2)OCCO3)n1. The van der Waals surface area contributed by atoms with Crippen molar-refractivity contribution in [2.75, 3.05) is 31.2 Å². The summed E-state index contributed by atoms with van der Waals surface area (Å²) in [7, 11) is 0. The molecule has 7 nitrogen and oxygen atoms in total. The van der Waals surface area contributed by atoms with E-state index in [1.807, 2.05) is 20.8 Å². The Morgan fingerprint density at radius 1 is 1.33 bits per heavy atom. The molecule has 1 amide bonds. The molecule has 1 aromatic heterocycles. The lowest BCUT2D eigenvalue weighted by molar-refractivity contribution is -0.169. The highest BCUT2D eigenvalue weighted by atomic mass is 16.7. The summed E-state index contributed by atoms with van der Waals surface area (Å²) < 4.78 is 11.5. The zero-order valence-electron chi connectivity index (χ0n) is 14.7. The highest BCUT2D eigenvalue weighted by Gasteiger charge is 2.40. The molecular weight excluding hydrogens is 308 g/mol. The van der Waals surface area contributed by atoms with Crippen LogP contribution in [0, 0.1) is 6.92 Å². The number of aromatic nitrogens is 2. The van der Waals surface area contributed by atoms with Crippen molar-refractivity contribution in [2.24, 2.45) is 0 Å². The number of hydrogen-bond donors (Lipinski definition) is 1. The molecule has 132 valence electrons. The Labute approximate surface area is 142 Å². The number of nitrogens with zero attached hydrogens (tertiary/aromatic N) is 3. The molecule has 2 aliphatic rings. The van der Waals surface area contributed by atoms with Gasteiger partial charge in [0.1, 0.15) is 5.69 Å². The molecule has 1 spiro atoms. The standard InChI is InChI=1S/C17H26N4O3/c1-4-12(2)18-15(22)14-11-13(3)19-16(20-14)21-7-5-17(6-8-21)23-9-10-24-17/h11-12H,4-10H2,1-3H3,(H,18,22). The highest BCUT2D eigenvalue weighted by Crippen LogP contribution is 2.32. The quantitative estimate of drug-likeness (QED) is 0.902. The van der Waals surface area contributed by atoms with Gasteiger partial charge in [-0.15, -0.1) is 0 Å². The number of carbonyl (C=O) groups excluding carboxylic acids is 1. The lowest BCUT2D eigenvalue weighted by atomic mass is 10.0. The average molecular weight is 334 g/mol. The summed E-state index contributed by atoms with van der Waals surface area (Å²) in [4.78, 5) is 23.4. The van der Waals surface area contributed by atoms with E-state index in [-0.39, 0.29) is 11.9 Å². The Hall–Kier alpha value is -1.73. The molecule has 0 aromatic carbocycles.